The molecule has 0 aromatic carbocycles. The van der Waals surface area contributed by atoms with E-state index in [1.54, 1.807) is 19.6 Å². The average Bonchev–Trinajstić information content (AvgIpc) is 3.14. The van der Waals surface area contributed by atoms with Crippen molar-refractivity contribution in [2.45, 2.75) is 26.4 Å². The van der Waals surface area contributed by atoms with Gasteiger partial charge in [-0.15, -0.1) is 0 Å². The zero-order valence-corrected chi connectivity index (χ0v) is 13.6. The van der Waals surface area contributed by atoms with Crippen molar-refractivity contribution in [2.75, 3.05) is 45.8 Å². The molecule has 1 aromatic heterocycles. The third-order valence-corrected chi connectivity index (χ3v) is 4.99. The van der Waals surface area contributed by atoms with Gasteiger partial charge in [0.1, 0.15) is 12.7 Å². The normalized spacial score (nSPS) is 27.5. The lowest BCUT2D eigenvalue weighted by Gasteiger charge is -2.39. The fourth-order valence-electron chi connectivity index (χ4n) is 3.67. The Morgan fingerprint density at radius 3 is 2.59 bits per heavy atom. The lowest BCUT2D eigenvalue weighted by molar-refractivity contribution is -0.130. The molecule has 2 unspecified atom stereocenters. The maximum Gasteiger partial charge on any atom is 0.219 e. The highest BCUT2D eigenvalue weighted by molar-refractivity contribution is 5.73. The van der Waals surface area contributed by atoms with Crippen LogP contribution in [0.25, 0.3) is 0 Å². The zero-order valence-electron chi connectivity index (χ0n) is 13.6. The third-order valence-electron chi connectivity index (χ3n) is 4.99. The van der Waals surface area contributed by atoms with Gasteiger partial charge < -0.3 is 4.90 Å². The molecule has 2 saturated heterocycles. The van der Waals surface area contributed by atoms with E-state index in [0.29, 0.717) is 12.0 Å². The molecular weight excluding hydrogens is 280 g/mol. The van der Waals surface area contributed by atoms with E-state index in [2.05, 4.69) is 26.8 Å². The summed E-state index contributed by atoms with van der Waals surface area (Å²) in [6.07, 6.45) is 3.36. The highest BCUT2D eigenvalue weighted by atomic mass is 16.2. The van der Waals surface area contributed by atoms with E-state index in [4.69, 9.17) is 0 Å². The third kappa shape index (κ3) is 3.47. The first-order valence-electron chi connectivity index (χ1n) is 8.18. The molecule has 7 nitrogen and oxygen atoms in total. The molecule has 0 N–H and O–H groups in total. The fourth-order valence-corrected chi connectivity index (χ4v) is 3.67. The molecule has 2 fully saturated rings. The van der Waals surface area contributed by atoms with Gasteiger partial charge in [-0.2, -0.15) is 5.10 Å². The van der Waals surface area contributed by atoms with Crippen LogP contribution in [0.15, 0.2) is 12.7 Å². The number of hydrogen-bond acceptors (Lipinski definition) is 5. The van der Waals surface area contributed by atoms with Crippen LogP contribution < -0.4 is 0 Å². The molecule has 0 bridgehead atoms. The Morgan fingerprint density at radius 2 is 1.95 bits per heavy atom. The summed E-state index contributed by atoms with van der Waals surface area (Å²) < 4.78 is 1.89. The van der Waals surface area contributed by atoms with Gasteiger partial charge in [0.2, 0.25) is 5.91 Å². The fraction of sp³-hybridized carbons (Fsp3) is 0.800. The van der Waals surface area contributed by atoms with Crippen molar-refractivity contribution in [3.8, 4) is 0 Å². The van der Waals surface area contributed by atoms with Crippen LogP contribution in [-0.2, 0) is 11.3 Å². The molecule has 7 heteroatoms. The topological polar surface area (TPSA) is 57.5 Å². The molecule has 0 saturated carbocycles. The average molecular weight is 306 g/mol. The first kappa shape index (κ1) is 15.4. The zero-order chi connectivity index (χ0) is 15.5. The molecule has 1 aromatic rings. The largest absolute Gasteiger partial charge is 0.340 e. The minimum Gasteiger partial charge on any atom is -0.340 e. The standard InChI is InChI=1S/C15H26N6O/c1-13-9-18(3-8-21-12-16-11-17-21)10-15(13)20-6-4-19(5-7-20)14(2)22/h11-13,15H,3-10H2,1-2H3. The highest BCUT2D eigenvalue weighted by Gasteiger charge is 2.35. The summed E-state index contributed by atoms with van der Waals surface area (Å²) >= 11 is 0. The van der Waals surface area contributed by atoms with Crippen molar-refractivity contribution >= 4 is 5.91 Å². The van der Waals surface area contributed by atoms with Crippen LogP contribution in [0, 0.1) is 5.92 Å². The summed E-state index contributed by atoms with van der Waals surface area (Å²) in [5.74, 6) is 0.883. The predicted molar refractivity (Wildman–Crippen MR) is 83.2 cm³/mol. The Morgan fingerprint density at radius 1 is 1.18 bits per heavy atom. The van der Waals surface area contributed by atoms with E-state index in [1.165, 1.54) is 0 Å². The van der Waals surface area contributed by atoms with Crippen molar-refractivity contribution in [3.05, 3.63) is 12.7 Å². The maximum atomic E-state index is 11.4. The summed E-state index contributed by atoms with van der Waals surface area (Å²) in [4.78, 5) is 22.5. The summed E-state index contributed by atoms with van der Waals surface area (Å²) in [6.45, 7) is 12.0. The first-order chi connectivity index (χ1) is 10.6. The van der Waals surface area contributed by atoms with Crippen LogP contribution in [0.1, 0.15) is 13.8 Å². The SMILES string of the molecule is CC(=O)N1CCN(C2CN(CCn3cncn3)CC2C)CC1. The van der Waals surface area contributed by atoms with Crippen LogP contribution in [0.5, 0.6) is 0 Å². The summed E-state index contributed by atoms with van der Waals surface area (Å²) in [7, 11) is 0. The number of piperazine rings is 1. The second-order valence-corrected chi connectivity index (χ2v) is 6.50. The van der Waals surface area contributed by atoms with Gasteiger partial charge >= 0.3 is 0 Å². The minimum atomic E-state index is 0.202. The molecule has 0 radical (unpaired) electrons. The molecule has 3 rings (SSSR count). The van der Waals surface area contributed by atoms with E-state index in [1.807, 2.05) is 9.58 Å². The molecule has 22 heavy (non-hydrogen) atoms. The monoisotopic (exact) mass is 306 g/mol. The van der Waals surface area contributed by atoms with Crippen molar-refractivity contribution in [1.82, 2.24) is 29.5 Å². The molecule has 2 aliphatic heterocycles. The smallest absolute Gasteiger partial charge is 0.219 e. The van der Waals surface area contributed by atoms with Gasteiger partial charge in [-0.1, -0.05) is 6.92 Å². The molecule has 122 valence electrons. The van der Waals surface area contributed by atoms with Crippen LogP contribution >= 0.6 is 0 Å². The maximum absolute atomic E-state index is 11.4. The lowest BCUT2D eigenvalue weighted by Crippen LogP contribution is -2.53. The Kier molecular flexibility index (Phi) is 4.73. The van der Waals surface area contributed by atoms with E-state index < -0.39 is 0 Å². The Balaban J connectivity index is 1.48. The Labute approximate surface area is 131 Å². The minimum absolute atomic E-state index is 0.202. The van der Waals surface area contributed by atoms with Gasteiger partial charge in [-0.05, 0) is 5.92 Å². The predicted octanol–water partition coefficient (Wildman–Crippen LogP) is -0.237. The van der Waals surface area contributed by atoms with E-state index in [0.717, 1.165) is 52.4 Å². The first-order valence-corrected chi connectivity index (χ1v) is 8.18. The van der Waals surface area contributed by atoms with Crippen LogP contribution in [0.4, 0.5) is 0 Å². The summed E-state index contributed by atoms with van der Waals surface area (Å²) in [5.41, 5.74) is 0. The van der Waals surface area contributed by atoms with Crippen molar-refractivity contribution in [3.63, 3.8) is 0 Å². The van der Waals surface area contributed by atoms with E-state index >= 15 is 0 Å². The van der Waals surface area contributed by atoms with Crippen LogP contribution in [0.2, 0.25) is 0 Å². The highest BCUT2D eigenvalue weighted by Crippen LogP contribution is 2.22. The number of likely N-dealkylation sites (tertiary alicyclic amines) is 1. The van der Waals surface area contributed by atoms with Crippen LogP contribution in [0.3, 0.4) is 0 Å². The number of nitrogens with zero attached hydrogens (tertiary/aromatic N) is 6. The summed E-state index contributed by atoms with van der Waals surface area (Å²) in [6, 6.07) is 0.616. The van der Waals surface area contributed by atoms with Crippen molar-refractivity contribution in [2.24, 2.45) is 5.92 Å². The Bertz CT molecular complexity index is 482. The molecular formula is C15H26N6O. The quantitative estimate of drug-likeness (QED) is 0.769. The van der Waals surface area contributed by atoms with Crippen molar-refractivity contribution < 1.29 is 4.79 Å². The van der Waals surface area contributed by atoms with Gasteiger partial charge in [0, 0.05) is 58.8 Å². The van der Waals surface area contributed by atoms with Gasteiger partial charge in [-0.3, -0.25) is 19.3 Å². The Hall–Kier alpha value is -1.47. The van der Waals surface area contributed by atoms with Gasteiger partial charge in [0.25, 0.3) is 0 Å². The van der Waals surface area contributed by atoms with Gasteiger partial charge in [0.15, 0.2) is 0 Å². The van der Waals surface area contributed by atoms with Crippen LogP contribution in [-0.4, -0.2) is 87.2 Å². The molecule has 3 heterocycles. The molecule has 0 aliphatic carbocycles. The van der Waals surface area contributed by atoms with Crippen molar-refractivity contribution in [1.29, 1.82) is 0 Å². The summed E-state index contributed by atoms with van der Waals surface area (Å²) in [5, 5.41) is 4.16. The molecule has 1 amide bonds. The lowest BCUT2D eigenvalue weighted by atomic mass is 10.0. The second kappa shape index (κ2) is 6.75. The number of aromatic nitrogens is 3. The number of hydrogen-bond donors (Lipinski definition) is 0. The van der Waals surface area contributed by atoms with E-state index in [-0.39, 0.29) is 5.91 Å². The molecule has 0 spiro atoms. The number of carbonyl (C=O) groups excluding carboxylic acids is 1. The number of carbonyl (C=O) groups is 1. The second-order valence-electron chi connectivity index (χ2n) is 6.50. The number of rotatable bonds is 4. The molecule has 2 atom stereocenters. The van der Waals surface area contributed by atoms with Gasteiger partial charge in [0.05, 0.1) is 6.54 Å². The number of amides is 1. The van der Waals surface area contributed by atoms with E-state index in [9.17, 15) is 4.79 Å². The molecule has 2 aliphatic rings. The van der Waals surface area contributed by atoms with Gasteiger partial charge in [-0.25, -0.2) is 4.98 Å².